The normalized spacial score (nSPS) is 10.6. The van der Waals surface area contributed by atoms with Crippen molar-refractivity contribution >= 4 is 80.6 Å². The monoisotopic (exact) mass is 888 g/mol. The van der Waals surface area contributed by atoms with E-state index < -0.39 is 16.8 Å². The Bertz CT molecular complexity index is 2490. The van der Waals surface area contributed by atoms with Crippen molar-refractivity contribution in [2.75, 3.05) is 28.7 Å². The molecule has 18 heteroatoms. The fourth-order valence-electron chi connectivity index (χ4n) is 5.34. The molecule has 0 radical (unpaired) electrons. The molecule has 318 valence electrons. The summed E-state index contributed by atoms with van der Waals surface area (Å²) in [5.74, 6) is -0.394. The minimum atomic E-state index is -0.564. The number of carbonyl (C=O) groups is 4. The molecule has 0 spiro atoms. The summed E-state index contributed by atoms with van der Waals surface area (Å²) in [4.78, 5) is 46.4. The number of aromatic nitrogens is 4. The van der Waals surface area contributed by atoms with Crippen LogP contribution in [0.2, 0.25) is 10.0 Å². The number of benzene rings is 4. The Morgan fingerprint density at radius 2 is 1.16 bits per heavy atom. The van der Waals surface area contributed by atoms with Crippen molar-refractivity contribution in [1.82, 2.24) is 19.6 Å². The van der Waals surface area contributed by atoms with Crippen LogP contribution in [0.4, 0.5) is 22.7 Å². The van der Waals surface area contributed by atoms with Crippen LogP contribution in [0.25, 0.3) is 11.4 Å². The molecular formula is C43H43Cl3N8O7. The lowest BCUT2D eigenvalue weighted by Gasteiger charge is -2.19. The molecule has 2 amide bonds. The van der Waals surface area contributed by atoms with Crippen LogP contribution < -0.4 is 26.8 Å². The van der Waals surface area contributed by atoms with E-state index in [4.69, 9.17) is 55.7 Å². The molecule has 0 fully saturated rings. The van der Waals surface area contributed by atoms with Crippen LogP contribution in [0.1, 0.15) is 52.9 Å². The fourth-order valence-corrected chi connectivity index (χ4v) is 5.83. The van der Waals surface area contributed by atoms with Gasteiger partial charge in [-0.3, -0.25) is 14.4 Å². The highest BCUT2D eigenvalue weighted by Crippen LogP contribution is 2.25. The molecular weight excluding hydrogens is 847 g/mol. The van der Waals surface area contributed by atoms with Crippen LogP contribution in [-0.2, 0) is 14.3 Å². The van der Waals surface area contributed by atoms with Crippen LogP contribution in [0.15, 0.2) is 110 Å². The molecule has 0 aliphatic carbocycles. The number of phenolic OH excluding ortho intramolecular Hbond substituents is 1. The maximum Gasteiger partial charge on any atom is 0.344 e. The molecule has 0 aliphatic heterocycles. The van der Waals surface area contributed by atoms with Crippen molar-refractivity contribution in [3.8, 4) is 22.9 Å². The average molecular weight is 890 g/mol. The van der Waals surface area contributed by atoms with Crippen molar-refractivity contribution in [2.24, 2.45) is 0 Å². The van der Waals surface area contributed by atoms with Gasteiger partial charge in [0.1, 0.15) is 17.1 Å². The summed E-state index contributed by atoms with van der Waals surface area (Å²) in [6.07, 6.45) is 4.03. The summed E-state index contributed by atoms with van der Waals surface area (Å²) >= 11 is 16.6. The maximum absolute atomic E-state index is 12.7. The summed E-state index contributed by atoms with van der Waals surface area (Å²) in [5, 5.41) is 23.8. The van der Waals surface area contributed by atoms with E-state index in [9.17, 15) is 24.3 Å². The first-order chi connectivity index (χ1) is 28.7. The van der Waals surface area contributed by atoms with Gasteiger partial charge in [0.2, 0.25) is 5.24 Å². The van der Waals surface area contributed by atoms with Crippen LogP contribution in [0.3, 0.4) is 0 Å². The minimum absolute atomic E-state index is 0.167. The van der Waals surface area contributed by atoms with E-state index in [-0.39, 0.29) is 24.2 Å². The summed E-state index contributed by atoms with van der Waals surface area (Å²) in [6.45, 7) is 11.9. The highest BCUT2D eigenvalue weighted by atomic mass is 35.5. The number of anilines is 4. The smallest absolute Gasteiger partial charge is 0.344 e. The Balaban J connectivity index is 0.000000249. The molecule has 0 aliphatic rings. The van der Waals surface area contributed by atoms with Gasteiger partial charge in [0.25, 0.3) is 11.8 Å². The number of nitrogen functional groups attached to an aromatic ring is 2. The third kappa shape index (κ3) is 14.2. The van der Waals surface area contributed by atoms with Crippen molar-refractivity contribution in [3.63, 3.8) is 0 Å². The van der Waals surface area contributed by atoms with Crippen LogP contribution in [-0.4, -0.2) is 59.9 Å². The van der Waals surface area contributed by atoms with E-state index in [2.05, 4.69) is 27.4 Å². The van der Waals surface area contributed by atoms with Gasteiger partial charge in [-0.15, -0.1) is 0 Å². The largest absolute Gasteiger partial charge is 0.508 e. The predicted molar refractivity (Wildman–Crippen MR) is 238 cm³/mol. The molecule has 0 saturated heterocycles. The topological polar surface area (TPSA) is 219 Å². The summed E-state index contributed by atoms with van der Waals surface area (Å²) < 4.78 is 14.0. The number of amides is 2. The lowest BCUT2D eigenvalue weighted by molar-refractivity contribution is -0.157. The number of halogens is 3. The molecule has 15 nitrogen and oxygen atoms in total. The first-order valence-electron chi connectivity index (χ1n) is 18.1. The standard InChI is InChI=1S/C23H25ClN4O4.C17H15ClN4O2.C3H3ClO/c1-14-20(22(30)27-17-10-15(24)9-16(25)11-17)12-26-28(14)18-5-7-19(8-6-18)31-13-21(29)32-23(2,3)4;1-10-16(9-20-22(10)14-2-4-15(23)5-3-14)17(24)21-13-7-11(18)6-12(19)8-13;1-2-3(4)5/h5-12H,13,25H2,1-4H3,(H,27,30);2-9,23H,19H2,1H3,(H,21,24);2H,1H2. The van der Waals surface area contributed by atoms with Crippen molar-refractivity contribution in [2.45, 2.75) is 40.2 Å². The Labute approximate surface area is 366 Å². The van der Waals surface area contributed by atoms with Gasteiger partial charge in [-0.2, -0.15) is 10.2 Å². The fraction of sp³-hybridized carbons (Fsp3) is 0.163. The molecule has 0 saturated carbocycles. The summed E-state index contributed by atoms with van der Waals surface area (Å²) in [5.41, 5.74) is 16.5. The van der Waals surface area contributed by atoms with E-state index in [1.165, 1.54) is 12.4 Å². The Morgan fingerprint density at radius 3 is 1.54 bits per heavy atom. The lowest BCUT2D eigenvalue weighted by Crippen LogP contribution is -2.27. The quantitative estimate of drug-likeness (QED) is 0.0379. The number of allylic oxidation sites excluding steroid dienone is 1. The molecule has 0 unspecified atom stereocenters. The molecule has 2 heterocycles. The zero-order chi connectivity index (χ0) is 45.0. The van der Waals surface area contributed by atoms with Crippen molar-refractivity contribution in [1.29, 1.82) is 0 Å². The second kappa shape index (κ2) is 20.9. The average Bonchev–Trinajstić information content (AvgIpc) is 3.75. The van der Waals surface area contributed by atoms with E-state index in [0.717, 1.165) is 17.5 Å². The number of aromatic hydroxyl groups is 1. The van der Waals surface area contributed by atoms with E-state index >= 15 is 0 Å². The van der Waals surface area contributed by atoms with Gasteiger partial charge in [0.15, 0.2) is 6.61 Å². The molecule has 6 aromatic rings. The molecule has 6 rings (SSSR count). The number of esters is 1. The van der Waals surface area contributed by atoms with Gasteiger partial charge in [-0.25, -0.2) is 14.2 Å². The van der Waals surface area contributed by atoms with Gasteiger partial charge in [-0.05, 0) is 137 Å². The number of phenols is 1. The Kier molecular flexibility index (Phi) is 16.1. The highest BCUT2D eigenvalue weighted by molar-refractivity contribution is 6.66. The predicted octanol–water partition coefficient (Wildman–Crippen LogP) is 8.70. The Hall–Kier alpha value is -6.81. The van der Waals surface area contributed by atoms with Gasteiger partial charge in [0.05, 0.1) is 46.3 Å². The molecule has 61 heavy (non-hydrogen) atoms. The number of rotatable bonds is 10. The van der Waals surface area contributed by atoms with Gasteiger partial charge < -0.3 is 36.7 Å². The number of carbonyl (C=O) groups excluding carboxylic acids is 4. The number of ether oxygens (including phenoxy) is 2. The van der Waals surface area contributed by atoms with Gasteiger partial charge in [-0.1, -0.05) is 29.8 Å². The molecule has 0 atom stereocenters. The number of nitrogens with two attached hydrogens (primary N) is 2. The third-order valence-electron chi connectivity index (χ3n) is 7.98. The zero-order valence-corrected chi connectivity index (χ0v) is 36.0. The lowest BCUT2D eigenvalue weighted by atomic mass is 10.2. The summed E-state index contributed by atoms with van der Waals surface area (Å²) in [6, 6.07) is 23.2. The second-order valence-corrected chi connectivity index (χ2v) is 15.2. The van der Waals surface area contributed by atoms with Crippen LogP contribution >= 0.6 is 34.8 Å². The SMILES string of the molecule is C=CC(=O)Cl.Cc1c(C(=O)Nc2cc(N)cc(Cl)c2)cnn1-c1ccc(O)cc1.Cc1c(C(=O)Nc2cc(N)cc(Cl)c2)cnn1-c1ccc(OCC(=O)OC(C)(C)C)cc1. The Morgan fingerprint density at radius 1 is 0.754 bits per heavy atom. The summed E-state index contributed by atoms with van der Waals surface area (Å²) in [7, 11) is 0. The van der Waals surface area contributed by atoms with Gasteiger partial charge in [0, 0.05) is 32.8 Å². The van der Waals surface area contributed by atoms with Crippen molar-refractivity contribution in [3.05, 3.63) is 143 Å². The number of nitrogens with one attached hydrogen (secondary N) is 2. The molecule has 7 N–H and O–H groups in total. The van der Waals surface area contributed by atoms with E-state index in [1.54, 1.807) is 129 Å². The minimum Gasteiger partial charge on any atom is -0.508 e. The second-order valence-electron chi connectivity index (χ2n) is 14.0. The van der Waals surface area contributed by atoms with E-state index in [1.807, 2.05) is 0 Å². The zero-order valence-electron chi connectivity index (χ0n) is 33.7. The third-order valence-corrected chi connectivity index (χ3v) is 8.57. The van der Waals surface area contributed by atoms with Crippen LogP contribution in [0, 0.1) is 13.8 Å². The molecule has 4 aromatic carbocycles. The highest BCUT2D eigenvalue weighted by Gasteiger charge is 2.19. The van der Waals surface area contributed by atoms with Crippen molar-refractivity contribution < 1.29 is 33.8 Å². The van der Waals surface area contributed by atoms with E-state index in [0.29, 0.717) is 61.1 Å². The number of nitrogens with zero attached hydrogens (tertiary/aromatic N) is 4. The first kappa shape index (κ1) is 46.9. The molecule has 2 aromatic heterocycles. The van der Waals surface area contributed by atoms with Crippen LogP contribution in [0.5, 0.6) is 11.5 Å². The maximum atomic E-state index is 12.7. The molecule has 0 bridgehead atoms. The first-order valence-corrected chi connectivity index (χ1v) is 19.3. The number of hydrogen-bond donors (Lipinski definition) is 5. The van der Waals surface area contributed by atoms with Gasteiger partial charge >= 0.3 is 5.97 Å². The number of hydrogen-bond acceptors (Lipinski definition) is 11.